The van der Waals surface area contributed by atoms with Crippen molar-refractivity contribution in [2.24, 2.45) is 0 Å². The van der Waals surface area contributed by atoms with Crippen molar-refractivity contribution < 1.29 is 13.6 Å². The molecule has 1 heterocycles. The lowest BCUT2D eigenvalue weighted by Gasteiger charge is -2.11. The SMILES string of the molecule is CCN1CC(S(=O)O)CC1=O. The van der Waals surface area contributed by atoms with E-state index in [0.717, 1.165) is 0 Å². The predicted molar refractivity (Wildman–Crippen MR) is 41.4 cm³/mol. The van der Waals surface area contributed by atoms with E-state index in [4.69, 9.17) is 4.55 Å². The van der Waals surface area contributed by atoms with Crippen LogP contribution in [0, 0.1) is 0 Å². The fraction of sp³-hybridized carbons (Fsp3) is 0.833. The van der Waals surface area contributed by atoms with Gasteiger partial charge in [-0.25, -0.2) is 4.21 Å². The Balaban J connectivity index is 2.56. The molecule has 1 saturated heterocycles. The molecule has 1 N–H and O–H groups in total. The van der Waals surface area contributed by atoms with Gasteiger partial charge >= 0.3 is 0 Å². The minimum absolute atomic E-state index is 0.0140. The summed E-state index contributed by atoms with van der Waals surface area (Å²) in [6.07, 6.45) is 0.219. The Hall–Kier alpha value is -0.420. The number of hydrogen-bond donors (Lipinski definition) is 1. The molecule has 2 unspecified atom stereocenters. The van der Waals surface area contributed by atoms with Crippen molar-refractivity contribution in [2.45, 2.75) is 18.6 Å². The summed E-state index contributed by atoms with van der Waals surface area (Å²) in [7, 11) is 0. The van der Waals surface area contributed by atoms with E-state index in [1.54, 1.807) is 4.90 Å². The van der Waals surface area contributed by atoms with E-state index in [-0.39, 0.29) is 17.6 Å². The van der Waals surface area contributed by atoms with Gasteiger partial charge in [0.1, 0.15) is 0 Å². The van der Waals surface area contributed by atoms with Crippen molar-refractivity contribution in [1.29, 1.82) is 0 Å². The van der Waals surface area contributed by atoms with Crippen LogP contribution in [-0.2, 0) is 15.9 Å². The van der Waals surface area contributed by atoms with Gasteiger partial charge in [-0.3, -0.25) is 4.79 Å². The van der Waals surface area contributed by atoms with Gasteiger partial charge in [0, 0.05) is 19.5 Å². The third kappa shape index (κ3) is 1.78. The zero-order chi connectivity index (χ0) is 8.43. The summed E-state index contributed by atoms with van der Waals surface area (Å²) in [6.45, 7) is 2.92. The van der Waals surface area contributed by atoms with Crippen molar-refractivity contribution in [3.8, 4) is 0 Å². The van der Waals surface area contributed by atoms with E-state index in [0.29, 0.717) is 13.1 Å². The lowest BCUT2D eigenvalue weighted by Crippen LogP contribution is -2.26. The summed E-state index contributed by atoms with van der Waals surface area (Å²) >= 11 is -1.85. The molecule has 0 spiro atoms. The predicted octanol–water partition coefficient (Wildman–Crippen LogP) is -0.171. The number of carbonyl (C=O) groups excluding carboxylic acids is 1. The van der Waals surface area contributed by atoms with Crippen LogP contribution in [0.2, 0.25) is 0 Å². The van der Waals surface area contributed by atoms with E-state index in [2.05, 4.69) is 0 Å². The first kappa shape index (κ1) is 8.67. The highest BCUT2D eigenvalue weighted by molar-refractivity contribution is 7.80. The van der Waals surface area contributed by atoms with E-state index >= 15 is 0 Å². The minimum Gasteiger partial charge on any atom is -0.342 e. The second kappa shape index (κ2) is 3.32. The number of rotatable bonds is 2. The highest BCUT2D eigenvalue weighted by Gasteiger charge is 2.31. The van der Waals surface area contributed by atoms with Gasteiger partial charge in [0.05, 0.1) is 5.25 Å². The molecule has 0 saturated carbocycles. The van der Waals surface area contributed by atoms with Crippen molar-refractivity contribution in [1.82, 2.24) is 4.90 Å². The Morgan fingerprint density at radius 3 is 2.73 bits per heavy atom. The second-order valence-corrected chi connectivity index (χ2v) is 3.75. The van der Waals surface area contributed by atoms with Gasteiger partial charge in [-0.15, -0.1) is 0 Å². The van der Waals surface area contributed by atoms with Gasteiger partial charge in [-0.05, 0) is 6.92 Å². The average molecular weight is 177 g/mol. The van der Waals surface area contributed by atoms with Gasteiger partial charge in [-0.2, -0.15) is 0 Å². The second-order valence-electron chi connectivity index (χ2n) is 2.53. The highest BCUT2D eigenvalue weighted by atomic mass is 32.2. The molecule has 1 aliphatic heterocycles. The Labute approximate surface area is 67.9 Å². The highest BCUT2D eigenvalue weighted by Crippen LogP contribution is 2.14. The standard InChI is InChI=1S/C6H11NO3S/c1-2-7-4-5(11(9)10)3-6(7)8/h5H,2-4H2,1H3,(H,9,10). The lowest BCUT2D eigenvalue weighted by atomic mass is 10.4. The molecule has 0 aromatic rings. The molecule has 1 fully saturated rings. The van der Waals surface area contributed by atoms with Gasteiger partial charge in [0.2, 0.25) is 5.91 Å². The number of likely N-dealkylation sites (tertiary alicyclic amines) is 1. The molecule has 2 atom stereocenters. The summed E-state index contributed by atoms with van der Waals surface area (Å²) in [5.74, 6) is -0.0140. The minimum atomic E-state index is -1.85. The van der Waals surface area contributed by atoms with E-state index in [1.807, 2.05) is 6.92 Å². The molecule has 0 bridgehead atoms. The van der Waals surface area contributed by atoms with Crippen molar-refractivity contribution >= 4 is 17.0 Å². The number of carbonyl (C=O) groups is 1. The topological polar surface area (TPSA) is 57.6 Å². The van der Waals surface area contributed by atoms with Crippen LogP contribution in [0.25, 0.3) is 0 Å². The molecule has 0 aromatic carbocycles. The Morgan fingerprint density at radius 2 is 2.45 bits per heavy atom. The summed E-state index contributed by atoms with van der Waals surface area (Å²) in [5, 5.41) is -0.373. The van der Waals surface area contributed by atoms with Gasteiger partial charge in [0.15, 0.2) is 11.1 Å². The maximum absolute atomic E-state index is 11.0. The van der Waals surface area contributed by atoms with Crippen LogP contribution in [0.4, 0.5) is 0 Å². The molecular formula is C6H11NO3S. The summed E-state index contributed by atoms with van der Waals surface area (Å²) < 4.78 is 19.2. The van der Waals surface area contributed by atoms with Crippen LogP contribution < -0.4 is 0 Å². The van der Waals surface area contributed by atoms with Gasteiger partial charge in [-0.1, -0.05) is 0 Å². The van der Waals surface area contributed by atoms with E-state index < -0.39 is 11.1 Å². The van der Waals surface area contributed by atoms with Crippen molar-refractivity contribution in [3.05, 3.63) is 0 Å². The van der Waals surface area contributed by atoms with E-state index in [1.165, 1.54) is 0 Å². The molecule has 0 aromatic heterocycles. The van der Waals surface area contributed by atoms with Crippen molar-refractivity contribution in [3.63, 3.8) is 0 Å². The lowest BCUT2D eigenvalue weighted by molar-refractivity contribution is -0.127. The fourth-order valence-electron chi connectivity index (χ4n) is 1.18. The zero-order valence-corrected chi connectivity index (χ0v) is 7.13. The average Bonchev–Trinajstić information content (AvgIpc) is 2.31. The number of nitrogens with zero attached hydrogens (tertiary/aromatic N) is 1. The maximum atomic E-state index is 11.0. The normalized spacial score (nSPS) is 27.6. The van der Waals surface area contributed by atoms with Gasteiger partial charge in [0.25, 0.3) is 0 Å². The van der Waals surface area contributed by atoms with Crippen LogP contribution in [-0.4, -0.2) is 37.9 Å². The zero-order valence-electron chi connectivity index (χ0n) is 6.32. The Morgan fingerprint density at radius 1 is 1.82 bits per heavy atom. The molecule has 64 valence electrons. The number of amides is 1. The monoisotopic (exact) mass is 177 g/mol. The van der Waals surface area contributed by atoms with Crippen LogP contribution in [0.15, 0.2) is 0 Å². The third-order valence-corrected chi connectivity index (χ3v) is 2.73. The first-order valence-electron chi connectivity index (χ1n) is 3.52. The first-order chi connectivity index (χ1) is 5.15. The summed E-state index contributed by atoms with van der Waals surface area (Å²) in [5.41, 5.74) is 0. The molecule has 5 heteroatoms. The molecule has 0 aliphatic carbocycles. The molecule has 1 aliphatic rings. The first-order valence-corrected chi connectivity index (χ1v) is 4.69. The van der Waals surface area contributed by atoms with Crippen LogP contribution in [0.3, 0.4) is 0 Å². The Kier molecular flexibility index (Phi) is 2.62. The molecule has 1 rings (SSSR count). The van der Waals surface area contributed by atoms with Crippen molar-refractivity contribution in [2.75, 3.05) is 13.1 Å². The van der Waals surface area contributed by atoms with Gasteiger partial charge < -0.3 is 9.45 Å². The number of hydrogen-bond acceptors (Lipinski definition) is 2. The largest absolute Gasteiger partial charge is 0.342 e. The maximum Gasteiger partial charge on any atom is 0.223 e. The smallest absolute Gasteiger partial charge is 0.223 e. The van der Waals surface area contributed by atoms with Crippen LogP contribution >= 0.6 is 0 Å². The summed E-state index contributed by atoms with van der Waals surface area (Å²) in [4.78, 5) is 12.6. The molecule has 1 amide bonds. The van der Waals surface area contributed by atoms with E-state index in [9.17, 15) is 9.00 Å². The molecule has 0 radical (unpaired) electrons. The fourth-order valence-corrected chi connectivity index (χ4v) is 1.77. The molecule has 4 nitrogen and oxygen atoms in total. The molecular weight excluding hydrogens is 166 g/mol. The molecule has 11 heavy (non-hydrogen) atoms. The third-order valence-electron chi connectivity index (χ3n) is 1.85. The van der Waals surface area contributed by atoms with Crippen LogP contribution in [0.5, 0.6) is 0 Å². The Bertz CT molecular complexity index is 194. The quantitative estimate of drug-likeness (QED) is 0.596. The van der Waals surface area contributed by atoms with Crippen LogP contribution in [0.1, 0.15) is 13.3 Å². The summed E-state index contributed by atoms with van der Waals surface area (Å²) in [6, 6.07) is 0.